The summed E-state index contributed by atoms with van der Waals surface area (Å²) in [6.07, 6.45) is 3.07. The number of hydrogen-bond donors (Lipinski definition) is 1. The van der Waals surface area contributed by atoms with Gasteiger partial charge in [0, 0.05) is 17.8 Å². The van der Waals surface area contributed by atoms with Crippen molar-refractivity contribution in [2.45, 2.75) is 19.6 Å². The van der Waals surface area contributed by atoms with Crippen LogP contribution in [0.2, 0.25) is 0 Å². The number of nitrogens with one attached hydrogen (secondary N) is 1. The van der Waals surface area contributed by atoms with Crippen LogP contribution in [0.4, 0.5) is 5.95 Å². The summed E-state index contributed by atoms with van der Waals surface area (Å²) in [5, 5.41) is 3.14. The molecular weight excluding hydrogens is 378 g/mol. The molecule has 0 aliphatic carbocycles. The molecule has 0 aliphatic rings. The fourth-order valence-corrected chi connectivity index (χ4v) is 2.73. The third kappa shape index (κ3) is 3.68. The van der Waals surface area contributed by atoms with Crippen LogP contribution in [-0.2, 0) is 20.9 Å². The minimum absolute atomic E-state index is 0.0496. The maximum Gasteiger partial charge on any atom is 0.326 e. The number of furan rings is 1. The minimum Gasteiger partial charge on any atom is -0.451 e. The van der Waals surface area contributed by atoms with Crippen molar-refractivity contribution in [2.75, 3.05) is 5.32 Å². The van der Waals surface area contributed by atoms with Gasteiger partial charge in [-0.25, -0.2) is 15.0 Å². The zero-order valence-corrected chi connectivity index (χ0v) is 15.2. The molecule has 0 bridgehead atoms. The van der Waals surface area contributed by atoms with E-state index in [2.05, 4.69) is 20.3 Å². The van der Waals surface area contributed by atoms with Gasteiger partial charge in [0.05, 0.1) is 6.33 Å². The van der Waals surface area contributed by atoms with Crippen molar-refractivity contribution in [1.29, 1.82) is 0 Å². The Kier molecular flexibility index (Phi) is 4.73. The average molecular weight is 393 g/mol. The molecular formula is C19H15N5O5. The molecule has 0 fully saturated rings. The van der Waals surface area contributed by atoms with Crippen molar-refractivity contribution in [2.24, 2.45) is 0 Å². The van der Waals surface area contributed by atoms with E-state index in [1.165, 1.54) is 25.6 Å². The van der Waals surface area contributed by atoms with Gasteiger partial charge in [0.1, 0.15) is 17.6 Å². The van der Waals surface area contributed by atoms with Crippen LogP contribution in [0.1, 0.15) is 6.92 Å². The maximum atomic E-state index is 12.6. The molecule has 1 aromatic carbocycles. The minimum atomic E-state index is -1.11. The van der Waals surface area contributed by atoms with Crippen molar-refractivity contribution < 1.29 is 18.7 Å². The van der Waals surface area contributed by atoms with Crippen molar-refractivity contribution in [1.82, 2.24) is 19.5 Å². The number of rotatable bonds is 5. The quantitative estimate of drug-likeness (QED) is 0.505. The lowest BCUT2D eigenvalue weighted by Gasteiger charge is -2.13. The van der Waals surface area contributed by atoms with Crippen LogP contribution in [0.25, 0.3) is 22.1 Å². The number of carbonyl (C=O) groups excluding carboxylic acids is 2. The van der Waals surface area contributed by atoms with Gasteiger partial charge in [-0.2, -0.15) is 0 Å². The van der Waals surface area contributed by atoms with Crippen LogP contribution >= 0.6 is 0 Å². The SMILES string of the molecule is CC(OC(=O)Cn1cnc2c(oc3ccccc32)c1=O)C(=O)Nc1ncccn1. The Balaban J connectivity index is 1.47. The van der Waals surface area contributed by atoms with E-state index in [9.17, 15) is 14.4 Å². The fraction of sp³-hybridized carbons (Fsp3) is 0.158. The van der Waals surface area contributed by atoms with E-state index in [0.717, 1.165) is 4.57 Å². The van der Waals surface area contributed by atoms with Gasteiger partial charge in [-0.05, 0) is 25.1 Å². The summed E-state index contributed by atoms with van der Waals surface area (Å²) >= 11 is 0. The first kappa shape index (κ1) is 18.3. The Bertz CT molecular complexity index is 1260. The molecule has 10 heteroatoms. The first-order valence-electron chi connectivity index (χ1n) is 8.67. The van der Waals surface area contributed by atoms with Crippen molar-refractivity contribution in [3.05, 3.63) is 59.4 Å². The molecule has 1 amide bonds. The normalized spacial score (nSPS) is 12.0. The molecule has 1 unspecified atom stereocenters. The average Bonchev–Trinajstić information content (AvgIpc) is 3.10. The van der Waals surface area contributed by atoms with Crippen LogP contribution < -0.4 is 10.9 Å². The zero-order chi connectivity index (χ0) is 20.4. The second-order valence-electron chi connectivity index (χ2n) is 6.15. The highest BCUT2D eigenvalue weighted by Gasteiger charge is 2.20. The molecule has 0 saturated carbocycles. The first-order valence-corrected chi connectivity index (χ1v) is 8.67. The summed E-state index contributed by atoms with van der Waals surface area (Å²) in [6, 6.07) is 8.72. The number of para-hydroxylation sites is 1. The lowest BCUT2D eigenvalue weighted by atomic mass is 10.2. The zero-order valence-electron chi connectivity index (χ0n) is 15.2. The highest BCUT2D eigenvalue weighted by Crippen LogP contribution is 2.23. The van der Waals surface area contributed by atoms with Crippen molar-refractivity contribution in [3.63, 3.8) is 0 Å². The molecule has 0 spiro atoms. The molecule has 146 valence electrons. The van der Waals surface area contributed by atoms with Gasteiger partial charge in [0.2, 0.25) is 11.5 Å². The van der Waals surface area contributed by atoms with Crippen LogP contribution in [0.3, 0.4) is 0 Å². The topological polar surface area (TPSA) is 129 Å². The smallest absolute Gasteiger partial charge is 0.326 e. The van der Waals surface area contributed by atoms with Crippen LogP contribution in [0.5, 0.6) is 0 Å². The molecule has 4 aromatic rings. The van der Waals surface area contributed by atoms with Gasteiger partial charge in [-0.15, -0.1) is 0 Å². The van der Waals surface area contributed by atoms with E-state index < -0.39 is 30.1 Å². The number of carbonyl (C=O) groups is 2. The number of amides is 1. The Hall–Kier alpha value is -4.08. The van der Waals surface area contributed by atoms with Crippen LogP contribution in [0, 0.1) is 0 Å². The lowest BCUT2D eigenvalue weighted by molar-refractivity contribution is -0.153. The maximum absolute atomic E-state index is 12.6. The third-order valence-electron chi connectivity index (χ3n) is 4.13. The second-order valence-corrected chi connectivity index (χ2v) is 6.15. The Morgan fingerprint density at radius 1 is 1.17 bits per heavy atom. The molecule has 4 rings (SSSR count). The molecule has 10 nitrogen and oxygen atoms in total. The summed E-state index contributed by atoms with van der Waals surface area (Å²) in [6.45, 7) is 0.984. The summed E-state index contributed by atoms with van der Waals surface area (Å²) in [5.41, 5.74) is 0.484. The van der Waals surface area contributed by atoms with Crippen molar-refractivity contribution >= 4 is 39.9 Å². The number of aromatic nitrogens is 4. The molecule has 29 heavy (non-hydrogen) atoms. The number of fused-ring (bicyclic) bond motifs is 3. The van der Waals surface area contributed by atoms with Gasteiger partial charge in [-0.3, -0.25) is 24.3 Å². The van der Waals surface area contributed by atoms with E-state index in [4.69, 9.17) is 9.15 Å². The third-order valence-corrected chi connectivity index (χ3v) is 4.13. The predicted molar refractivity (Wildman–Crippen MR) is 102 cm³/mol. The number of hydrogen-bond acceptors (Lipinski definition) is 8. The summed E-state index contributed by atoms with van der Waals surface area (Å²) in [4.78, 5) is 48.8. The van der Waals surface area contributed by atoms with E-state index in [-0.39, 0.29) is 11.5 Å². The molecule has 0 saturated heterocycles. The van der Waals surface area contributed by atoms with Crippen LogP contribution in [0.15, 0.2) is 58.3 Å². The molecule has 0 radical (unpaired) electrons. The van der Waals surface area contributed by atoms with Gasteiger partial charge in [-0.1, -0.05) is 12.1 Å². The summed E-state index contributed by atoms with van der Waals surface area (Å²) < 4.78 is 11.7. The number of ether oxygens (including phenoxy) is 1. The molecule has 3 heterocycles. The Morgan fingerprint density at radius 3 is 2.72 bits per heavy atom. The Morgan fingerprint density at radius 2 is 1.93 bits per heavy atom. The first-order chi connectivity index (χ1) is 14.0. The number of esters is 1. The standard InChI is InChI=1S/C19H15N5O5/c1-11(17(26)23-19-20-7-4-8-21-19)28-14(25)9-24-10-22-15-12-5-2-3-6-13(12)29-16(15)18(24)27/h2-8,10-11H,9H2,1H3,(H,20,21,23,26). The second kappa shape index (κ2) is 7.50. The lowest BCUT2D eigenvalue weighted by Crippen LogP contribution is -2.33. The monoisotopic (exact) mass is 393 g/mol. The van der Waals surface area contributed by atoms with Gasteiger partial charge >= 0.3 is 5.97 Å². The summed E-state index contributed by atoms with van der Waals surface area (Å²) in [5.74, 6) is -1.28. The van der Waals surface area contributed by atoms with Crippen molar-refractivity contribution in [3.8, 4) is 0 Å². The highest BCUT2D eigenvalue weighted by atomic mass is 16.5. The van der Waals surface area contributed by atoms with E-state index >= 15 is 0 Å². The summed E-state index contributed by atoms with van der Waals surface area (Å²) in [7, 11) is 0. The Labute approximate surface area is 163 Å². The largest absolute Gasteiger partial charge is 0.451 e. The molecule has 0 aliphatic heterocycles. The predicted octanol–water partition coefficient (Wildman–Crippen LogP) is 1.50. The van der Waals surface area contributed by atoms with E-state index in [1.54, 1.807) is 24.3 Å². The van der Waals surface area contributed by atoms with Gasteiger partial charge in [0.25, 0.3) is 11.5 Å². The van der Waals surface area contributed by atoms with E-state index in [1.807, 2.05) is 6.07 Å². The van der Waals surface area contributed by atoms with Gasteiger partial charge < -0.3 is 9.15 Å². The molecule has 1 atom stereocenters. The highest BCUT2D eigenvalue weighted by molar-refractivity contribution is 6.01. The van der Waals surface area contributed by atoms with Crippen LogP contribution in [-0.4, -0.2) is 37.5 Å². The number of benzene rings is 1. The fourth-order valence-electron chi connectivity index (χ4n) is 2.73. The molecule has 1 N–H and O–H groups in total. The molecule has 3 aromatic heterocycles. The van der Waals surface area contributed by atoms with Gasteiger partial charge in [0.15, 0.2) is 6.10 Å². The van der Waals surface area contributed by atoms with E-state index in [0.29, 0.717) is 16.5 Å². The number of nitrogens with zero attached hydrogens (tertiary/aromatic N) is 4. The number of anilines is 1.